The van der Waals surface area contributed by atoms with Crippen LogP contribution in [-0.2, 0) is 4.79 Å². The predicted molar refractivity (Wildman–Crippen MR) is 29.9 cm³/mol. The summed E-state index contributed by atoms with van der Waals surface area (Å²) >= 11 is 0. The van der Waals surface area contributed by atoms with Gasteiger partial charge in [-0.2, -0.15) is 0 Å². The van der Waals surface area contributed by atoms with Gasteiger partial charge in [-0.05, 0) is 0 Å². The van der Waals surface area contributed by atoms with E-state index in [2.05, 4.69) is 16.9 Å². The minimum Gasteiger partial charge on any atom is -0.369 e. The number of amides is 3. The normalized spacial score (nSPS) is 8.44. The fourth-order valence-corrected chi connectivity index (χ4v) is 0.218. The van der Waals surface area contributed by atoms with Gasteiger partial charge in [-0.3, -0.25) is 10.2 Å². The van der Waals surface area contributed by atoms with Crippen molar-refractivity contribution in [3.8, 4) is 0 Å². The summed E-state index contributed by atoms with van der Waals surface area (Å²) in [6.07, 6.45) is 0. The van der Waals surface area contributed by atoms with Crippen LogP contribution < -0.4 is 22.3 Å². The molecule has 0 bridgehead atoms. The Hall–Kier alpha value is -1.30. The minimum atomic E-state index is -0.753. The lowest BCUT2D eigenvalue weighted by Gasteiger charge is -1.98. The van der Waals surface area contributed by atoms with Crippen LogP contribution in [0.25, 0.3) is 0 Å². The van der Waals surface area contributed by atoms with Crippen molar-refractivity contribution in [3.05, 3.63) is 0 Å². The molecule has 6 heteroatoms. The fourth-order valence-electron chi connectivity index (χ4n) is 0.218. The third-order valence-electron chi connectivity index (χ3n) is 0.474. The van der Waals surface area contributed by atoms with E-state index in [4.69, 9.17) is 0 Å². The standard InChI is InChI=1S/C3H8N4O2/c4-2(8)1-6-7-3(5)9/h6H,1H2,(H2,4,8)(H3,5,7,9). The van der Waals surface area contributed by atoms with E-state index in [0.717, 1.165) is 0 Å². The molecule has 3 amide bonds. The van der Waals surface area contributed by atoms with Gasteiger partial charge in [0.15, 0.2) is 0 Å². The summed E-state index contributed by atoms with van der Waals surface area (Å²) in [6, 6.07) is -0.753. The number of hydrogen-bond donors (Lipinski definition) is 4. The second kappa shape index (κ2) is 3.67. The SMILES string of the molecule is NC(=O)CNNC(N)=O. The number of carbonyl (C=O) groups excluding carboxylic acids is 2. The number of nitrogens with one attached hydrogen (secondary N) is 2. The number of hydrazine groups is 1. The highest BCUT2D eigenvalue weighted by Crippen LogP contribution is 1.50. The maximum absolute atomic E-state index is 9.95. The van der Waals surface area contributed by atoms with Crippen molar-refractivity contribution in [1.29, 1.82) is 0 Å². The molecule has 0 unspecified atom stereocenters. The smallest absolute Gasteiger partial charge is 0.326 e. The van der Waals surface area contributed by atoms with E-state index < -0.39 is 11.9 Å². The van der Waals surface area contributed by atoms with Crippen LogP contribution in [0.2, 0.25) is 0 Å². The topological polar surface area (TPSA) is 110 Å². The molecule has 0 aromatic heterocycles. The van der Waals surface area contributed by atoms with Crippen LogP contribution in [0.15, 0.2) is 0 Å². The number of rotatable bonds is 3. The molecule has 0 aliphatic carbocycles. The highest BCUT2D eigenvalue weighted by atomic mass is 16.2. The second-order valence-electron chi connectivity index (χ2n) is 1.31. The van der Waals surface area contributed by atoms with Gasteiger partial charge in [0.25, 0.3) is 0 Å². The van der Waals surface area contributed by atoms with Gasteiger partial charge in [0.05, 0.1) is 6.54 Å². The molecule has 0 fully saturated rings. The van der Waals surface area contributed by atoms with Crippen molar-refractivity contribution in [1.82, 2.24) is 10.9 Å². The van der Waals surface area contributed by atoms with Gasteiger partial charge >= 0.3 is 6.03 Å². The van der Waals surface area contributed by atoms with E-state index in [9.17, 15) is 9.59 Å². The van der Waals surface area contributed by atoms with E-state index >= 15 is 0 Å². The van der Waals surface area contributed by atoms with Gasteiger partial charge in [-0.25, -0.2) is 10.2 Å². The monoisotopic (exact) mass is 132 g/mol. The van der Waals surface area contributed by atoms with E-state index in [0.29, 0.717) is 0 Å². The van der Waals surface area contributed by atoms with Crippen molar-refractivity contribution >= 4 is 11.9 Å². The number of carbonyl (C=O) groups is 2. The predicted octanol–water partition coefficient (Wildman–Crippen LogP) is -2.36. The van der Waals surface area contributed by atoms with Gasteiger partial charge in [0.1, 0.15) is 0 Å². The van der Waals surface area contributed by atoms with Crippen LogP contribution in [-0.4, -0.2) is 18.5 Å². The lowest BCUT2D eigenvalue weighted by Crippen LogP contribution is -2.44. The number of hydrogen-bond acceptors (Lipinski definition) is 3. The molecule has 0 spiro atoms. The average Bonchev–Trinajstić information content (AvgIpc) is 1.63. The zero-order chi connectivity index (χ0) is 7.28. The number of primary amides is 2. The van der Waals surface area contributed by atoms with Gasteiger partial charge in [0, 0.05) is 0 Å². The molecule has 6 nitrogen and oxygen atoms in total. The first kappa shape index (κ1) is 7.70. The van der Waals surface area contributed by atoms with Crippen LogP contribution in [0.5, 0.6) is 0 Å². The third kappa shape index (κ3) is 6.70. The maximum Gasteiger partial charge on any atom is 0.326 e. The highest BCUT2D eigenvalue weighted by Gasteiger charge is 1.91. The van der Waals surface area contributed by atoms with E-state index in [1.807, 2.05) is 5.43 Å². The quantitative estimate of drug-likeness (QED) is 0.322. The van der Waals surface area contributed by atoms with Crippen molar-refractivity contribution in [3.63, 3.8) is 0 Å². The lowest BCUT2D eigenvalue weighted by atomic mass is 10.6. The van der Waals surface area contributed by atoms with Crippen LogP contribution in [0.4, 0.5) is 4.79 Å². The summed E-state index contributed by atoms with van der Waals surface area (Å²) in [5.41, 5.74) is 13.4. The number of nitrogens with two attached hydrogens (primary N) is 2. The van der Waals surface area contributed by atoms with E-state index in [1.165, 1.54) is 0 Å². The van der Waals surface area contributed by atoms with Gasteiger partial charge in [-0.1, -0.05) is 0 Å². The molecule has 0 saturated heterocycles. The van der Waals surface area contributed by atoms with Crippen LogP contribution in [0.3, 0.4) is 0 Å². The zero-order valence-corrected chi connectivity index (χ0v) is 4.68. The Kier molecular flexibility index (Phi) is 3.14. The summed E-state index contributed by atoms with van der Waals surface area (Å²) in [5.74, 6) is -0.566. The molecule has 0 atom stereocenters. The van der Waals surface area contributed by atoms with Crippen molar-refractivity contribution < 1.29 is 9.59 Å². The molecule has 0 radical (unpaired) electrons. The molecular formula is C3H8N4O2. The number of urea groups is 1. The second-order valence-corrected chi connectivity index (χ2v) is 1.31. The van der Waals surface area contributed by atoms with Gasteiger partial charge < -0.3 is 11.5 Å². The fraction of sp³-hybridized carbons (Fsp3) is 0.333. The molecule has 9 heavy (non-hydrogen) atoms. The largest absolute Gasteiger partial charge is 0.369 e. The molecule has 0 aromatic carbocycles. The van der Waals surface area contributed by atoms with Crippen LogP contribution >= 0.6 is 0 Å². The first-order valence-electron chi connectivity index (χ1n) is 2.19. The van der Waals surface area contributed by atoms with Crippen LogP contribution in [0, 0.1) is 0 Å². The molecule has 0 aliphatic heterocycles. The Labute approximate surface area is 51.5 Å². The minimum absolute atomic E-state index is 0.122. The molecule has 6 N–H and O–H groups in total. The Morgan fingerprint density at radius 2 is 1.89 bits per heavy atom. The first-order valence-corrected chi connectivity index (χ1v) is 2.19. The van der Waals surface area contributed by atoms with E-state index in [1.54, 1.807) is 0 Å². The summed E-state index contributed by atoms with van der Waals surface area (Å²) in [5, 5.41) is 0. The first-order chi connectivity index (χ1) is 4.13. The Morgan fingerprint density at radius 1 is 1.33 bits per heavy atom. The van der Waals surface area contributed by atoms with Crippen molar-refractivity contribution in [2.75, 3.05) is 6.54 Å². The third-order valence-corrected chi connectivity index (χ3v) is 0.474. The molecule has 0 rings (SSSR count). The average molecular weight is 132 g/mol. The molecule has 0 aliphatic rings. The maximum atomic E-state index is 9.95. The molecule has 0 saturated carbocycles. The molecule has 0 heterocycles. The van der Waals surface area contributed by atoms with Gasteiger partial charge in [0.2, 0.25) is 5.91 Å². The summed E-state index contributed by atoms with van der Waals surface area (Å²) in [4.78, 5) is 19.8. The highest BCUT2D eigenvalue weighted by molar-refractivity contribution is 5.76. The van der Waals surface area contributed by atoms with Crippen LogP contribution in [0.1, 0.15) is 0 Å². The Balaban J connectivity index is 3.10. The summed E-state index contributed by atoms with van der Waals surface area (Å²) in [7, 11) is 0. The lowest BCUT2D eigenvalue weighted by molar-refractivity contribution is -0.117. The Bertz CT molecular complexity index is 109. The Morgan fingerprint density at radius 3 is 2.22 bits per heavy atom. The van der Waals surface area contributed by atoms with Crippen molar-refractivity contribution in [2.24, 2.45) is 11.5 Å². The zero-order valence-electron chi connectivity index (χ0n) is 4.68. The van der Waals surface area contributed by atoms with Crippen molar-refractivity contribution in [2.45, 2.75) is 0 Å². The summed E-state index contributed by atoms with van der Waals surface area (Å²) in [6.45, 7) is -0.122. The van der Waals surface area contributed by atoms with E-state index in [-0.39, 0.29) is 6.54 Å². The summed E-state index contributed by atoms with van der Waals surface area (Å²) < 4.78 is 0. The molecule has 0 aromatic rings. The molecule has 52 valence electrons. The van der Waals surface area contributed by atoms with Gasteiger partial charge in [-0.15, -0.1) is 0 Å². The molecular weight excluding hydrogens is 124 g/mol.